The molecule has 2 aromatic heterocycles. The summed E-state index contributed by atoms with van der Waals surface area (Å²) >= 11 is 3.46. The Morgan fingerprint density at radius 2 is 1.86 bits per heavy atom. The summed E-state index contributed by atoms with van der Waals surface area (Å²) in [4.78, 5) is 11.1. The molecule has 0 atom stereocenters. The fourth-order valence-electron chi connectivity index (χ4n) is 2.16. The monoisotopic (exact) mass is 362 g/mol. The van der Waals surface area contributed by atoms with E-state index in [0.29, 0.717) is 17.1 Å². The van der Waals surface area contributed by atoms with Crippen LogP contribution in [0.4, 0.5) is 17.3 Å². The van der Waals surface area contributed by atoms with Crippen molar-refractivity contribution in [2.45, 2.75) is 13.8 Å². The number of rotatable bonds is 5. The third kappa shape index (κ3) is 2.87. The summed E-state index contributed by atoms with van der Waals surface area (Å²) in [6.45, 7) is 5.77. The second-order valence-corrected chi connectivity index (χ2v) is 5.53. The summed E-state index contributed by atoms with van der Waals surface area (Å²) in [5.41, 5.74) is 1.70. The lowest BCUT2D eigenvalue weighted by Gasteiger charge is -2.22. The van der Waals surface area contributed by atoms with Crippen molar-refractivity contribution in [3.05, 3.63) is 28.7 Å². The molecular weight excluding hydrogens is 348 g/mol. The molecule has 1 N–H and O–H groups in total. The molecule has 0 unspecified atom stereocenters. The molecule has 0 radical (unpaired) electrons. The molecule has 0 spiro atoms. The first-order valence-electron chi connectivity index (χ1n) is 6.99. The Labute approximate surface area is 135 Å². The van der Waals surface area contributed by atoms with Gasteiger partial charge in [0, 0.05) is 23.2 Å². The third-order valence-electron chi connectivity index (χ3n) is 3.25. The summed E-state index contributed by atoms with van der Waals surface area (Å²) in [6.07, 6.45) is 0. The Kier molecular flexibility index (Phi) is 4.19. The van der Waals surface area contributed by atoms with Crippen molar-refractivity contribution in [2.24, 2.45) is 0 Å². The topological polar surface area (TPSA) is 80.0 Å². The molecule has 0 amide bonds. The van der Waals surface area contributed by atoms with Crippen molar-refractivity contribution >= 4 is 44.5 Å². The lowest BCUT2D eigenvalue weighted by molar-refractivity contribution is 0.314. The minimum absolute atomic E-state index is 0.383. The highest BCUT2D eigenvalue weighted by atomic mass is 79.9. The van der Waals surface area contributed by atoms with Crippen molar-refractivity contribution in [3.63, 3.8) is 0 Å². The van der Waals surface area contributed by atoms with E-state index in [2.05, 4.69) is 60.3 Å². The number of nitrogens with one attached hydrogen (secondary N) is 1. The van der Waals surface area contributed by atoms with Gasteiger partial charge in [0.2, 0.25) is 11.3 Å². The first-order valence-corrected chi connectivity index (χ1v) is 7.78. The maximum atomic E-state index is 4.71. The molecule has 0 bridgehead atoms. The van der Waals surface area contributed by atoms with Crippen LogP contribution in [0, 0.1) is 0 Å². The van der Waals surface area contributed by atoms with Gasteiger partial charge in [-0.05, 0) is 42.4 Å². The summed E-state index contributed by atoms with van der Waals surface area (Å²) < 4.78 is 5.70. The van der Waals surface area contributed by atoms with Gasteiger partial charge in [-0.15, -0.1) is 0 Å². The lowest BCUT2D eigenvalue weighted by atomic mass is 10.3. The molecule has 3 rings (SSSR count). The molecule has 7 nitrogen and oxygen atoms in total. The molecule has 8 heteroatoms. The summed E-state index contributed by atoms with van der Waals surface area (Å²) in [6, 6.07) is 7.85. The number of benzene rings is 1. The van der Waals surface area contributed by atoms with Gasteiger partial charge in [0.1, 0.15) is 0 Å². The minimum Gasteiger partial charge on any atom is -0.354 e. The van der Waals surface area contributed by atoms with E-state index in [0.717, 1.165) is 29.1 Å². The standard InChI is InChI=1S/C14H15BrN6O/c1-3-21(4-2)14-13(16-10-7-5-6-9(15)8-10)17-11-12(18-14)20-22-19-11/h5-8H,3-4H2,1-2H3,(H,16,17,19). The predicted octanol–water partition coefficient (Wildman–Crippen LogP) is 3.37. The molecule has 3 aromatic rings. The Bertz CT molecular complexity index is 786. The number of anilines is 3. The van der Waals surface area contributed by atoms with E-state index >= 15 is 0 Å². The van der Waals surface area contributed by atoms with Crippen LogP contribution in [-0.2, 0) is 0 Å². The predicted molar refractivity (Wildman–Crippen MR) is 88.4 cm³/mol. The van der Waals surface area contributed by atoms with Gasteiger partial charge in [-0.2, -0.15) is 0 Å². The number of aromatic nitrogens is 4. The molecule has 0 aliphatic heterocycles. The van der Waals surface area contributed by atoms with E-state index in [4.69, 9.17) is 4.63 Å². The highest BCUT2D eigenvalue weighted by molar-refractivity contribution is 9.10. The Hall–Kier alpha value is -2.22. The number of hydrogen-bond acceptors (Lipinski definition) is 7. The zero-order valence-corrected chi connectivity index (χ0v) is 13.8. The van der Waals surface area contributed by atoms with Crippen LogP contribution < -0.4 is 10.2 Å². The molecule has 0 aliphatic rings. The Balaban J connectivity index is 2.07. The van der Waals surface area contributed by atoms with Crippen LogP contribution >= 0.6 is 15.9 Å². The lowest BCUT2D eigenvalue weighted by Crippen LogP contribution is -2.24. The van der Waals surface area contributed by atoms with E-state index in [1.165, 1.54) is 0 Å². The van der Waals surface area contributed by atoms with Crippen LogP contribution in [0.15, 0.2) is 33.4 Å². The zero-order chi connectivity index (χ0) is 15.5. The van der Waals surface area contributed by atoms with Crippen LogP contribution in [0.25, 0.3) is 11.3 Å². The summed E-state index contributed by atoms with van der Waals surface area (Å²) in [7, 11) is 0. The maximum absolute atomic E-state index is 4.71. The quantitative estimate of drug-likeness (QED) is 0.744. The van der Waals surface area contributed by atoms with E-state index in [-0.39, 0.29) is 0 Å². The van der Waals surface area contributed by atoms with Crippen LogP contribution in [0.3, 0.4) is 0 Å². The van der Waals surface area contributed by atoms with Crippen LogP contribution in [0.2, 0.25) is 0 Å². The largest absolute Gasteiger partial charge is 0.354 e. The Morgan fingerprint density at radius 1 is 1.14 bits per heavy atom. The van der Waals surface area contributed by atoms with Gasteiger partial charge < -0.3 is 10.2 Å². The molecule has 0 saturated carbocycles. The molecule has 1 aromatic carbocycles. The minimum atomic E-state index is 0.383. The number of halogens is 1. The number of hydrogen-bond donors (Lipinski definition) is 1. The van der Waals surface area contributed by atoms with E-state index in [1.807, 2.05) is 24.3 Å². The molecule has 114 valence electrons. The van der Waals surface area contributed by atoms with Crippen LogP contribution in [0.1, 0.15) is 13.8 Å². The smallest absolute Gasteiger partial charge is 0.245 e. The Morgan fingerprint density at radius 3 is 2.55 bits per heavy atom. The van der Waals surface area contributed by atoms with Gasteiger partial charge in [0.25, 0.3) is 0 Å². The highest BCUT2D eigenvalue weighted by Crippen LogP contribution is 2.27. The normalized spacial score (nSPS) is 10.9. The molecule has 0 saturated heterocycles. The second kappa shape index (κ2) is 6.27. The molecule has 0 aliphatic carbocycles. The van der Waals surface area contributed by atoms with E-state index in [1.54, 1.807) is 0 Å². The van der Waals surface area contributed by atoms with Crippen molar-refractivity contribution in [1.29, 1.82) is 0 Å². The van der Waals surface area contributed by atoms with Gasteiger partial charge in [-0.25, -0.2) is 14.6 Å². The first kappa shape index (κ1) is 14.7. The number of nitrogens with zero attached hydrogens (tertiary/aromatic N) is 5. The van der Waals surface area contributed by atoms with E-state index < -0.39 is 0 Å². The molecule has 22 heavy (non-hydrogen) atoms. The fourth-order valence-corrected chi connectivity index (χ4v) is 2.56. The van der Waals surface area contributed by atoms with Gasteiger partial charge in [-0.1, -0.05) is 22.0 Å². The van der Waals surface area contributed by atoms with Crippen LogP contribution in [0.5, 0.6) is 0 Å². The summed E-state index contributed by atoms with van der Waals surface area (Å²) in [5.74, 6) is 1.36. The fraction of sp³-hybridized carbons (Fsp3) is 0.286. The van der Waals surface area contributed by atoms with Gasteiger partial charge in [-0.3, -0.25) is 0 Å². The average molecular weight is 363 g/mol. The van der Waals surface area contributed by atoms with Gasteiger partial charge in [0.05, 0.1) is 0 Å². The second-order valence-electron chi connectivity index (χ2n) is 4.61. The SMILES string of the molecule is CCN(CC)c1nc2nonc2nc1Nc1cccc(Br)c1. The molecular formula is C14H15BrN6O. The molecule has 0 fully saturated rings. The van der Waals surface area contributed by atoms with Gasteiger partial charge in [0.15, 0.2) is 11.6 Å². The van der Waals surface area contributed by atoms with Crippen molar-refractivity contribution in [1.82, 2.24) is 20.3 Å². The van der Waals surface area contributed by atoms with Crippen molar-refractivity contribution in [3.8, 4) is 0 Å². The average Bonchev–Trinajstić information content (AvgIpc) is 2.96. The summed E-state index contributed by atoms with van der Waals surface area (Å²) in [5, 5.41) is 10.8. The van der Waals surface area contributed by atoms with Crippen molar-refractivity contribution < 1.29 is 4.63 Å². The van der Waals surface area contributed by atoms with Crippen molar-refractivity contribution in [2.75, 3.05) is 23.3 Å². The highest BCUT2D eigenvalue weighted by Gasteiger charge is 2.16. The van der Waals surface area contributed by atoms with Crippen LogP contribution in [-0.4, -0.2) is 33.4 Å². The van der Waals surface area contributed by atoms with E-state index in [9.17, 15) is 0 Å². The number of fused-ring (bicyclic) bond motifs is 1. The maximum Gasteiger partial charge on any atom is 0.245 e. The third-order valence-corrected chi connectivity index (χ3v) is 3.74. The zero-order valence-electron chi connectivity index (χ0n) is 12.2. The first-order chi connectivity index (χ1) is 10.7. The van der Waals surface area contributed by atoms with Gasteiger partial charge >= 0.3 is 0 Å². The molecule has 2 heterocycles.